The van der Waals surface area contributed by atoms with Crippen LogP contribution in [0.5, 0.6) is 0 Å². The number of nitrogens with two attached hydrogens (primary N) is 1. The van der Waals surface area contributed by atoms with Crippen molar-refractivity contribution in [3.05, 3.63) is 0 Å². The molecule has 0 radical (unpaired) electrons. The Morgan fingerprint density at radius 3 is 2.38 bits per heavy atom. The topological polar surface area (TPSA) is 46.3 Å². The summed E-state index contributed by atoms with van der Waals surface area (Å²) in [6.07, 6.45) is -5.80. The Kier molecular flexibility index (Phi) is 6.40. The number of hydrogen-bond donors (Lipinski definition) is 1. The minimum atomic E-state index is -4.27. The smallest absolute Gasteiger partial charge is 0.343 e. The number of rotatable bonds is 6. The van der Waals surface area contributed by atoms with Crippen molar-refractivity contribution in [2.24, 2.45) is 11.7 Å². The molecule has 6 heteroatoms. The Hall–Kier alpha value is -0.780. The van der Waals surface area contributed by atoms with Gasteiger partial charge >= 0.3 is 6.18 Å². The van der Waals surface area contributed by atoms with Gasteiger partial charge in [0.05, 0.1) is 6.42 Å². The molecule has 0 aliphatic carbocycles. The highest BCUT2D eigenvalue weighted by Gasteiger charge is 2.29. The monoisotopic (exact) mass is 240 g/mol. The zero-order valence-corrected chi connectivity index (χ0v) is 9.68. The van der Waals surface area contributed by atoms with Crippen molar-refractivity contribution in [3.63, 3.8) is 0 Å². The van der Waals surface area contributed by atoms with E-state index < -0.39 is 24.9 Å². The van der Waals surface area contributed by atoms with Crippen molar-refractivity contribution in [2.75, 3.05) is 19.6 Å². The molecule has 3 nitrogen and oxygen atoms in total. The van der Waals surface area contributed by atoms with Crippen LogP contribution in [0.25, 0.3) is 0 Å². The Morgan fingerprint density at radius 2 is 2.00 bits per heavy atom. The molecule has 16 heavy (non-hydrogen) atoms. The molecule has 0 fully saturated rings. The van der Waals surface area contributed by atoms with Crippen molar-refractivity contribution in [1.29, 1.82) is 0 Å². The van der Waals surface area contributed by atoms with Crippen LogP contribution >= 0.6 is 0 Å². The Bertz CT molecular complexity index is 219. The largest absolute Gasteiger partial charge is 0.389 e. The standard InChI is InChI=1S/C10H19F3N2O/c1-3-15(7-8(2)6-14)9(16)4-5-10(11,12)13/h8H,3-7,14H2,1-2H3. The summed E-state index contributed by atoms with van der Waals surface area (Å²) in [5.41, 5.74) is 5.40. The minimum Gasteiger partial charge on any atom is -0.343 e. The molecule has 0 heterocycles. The van der Waals surface area contributed by atoms with Crippen molar-refractivity contribution in [3.8, 4) is 0 Å². The van der Waals surface area contributed by atoms with Gasteiger partial charge in [-0.25, -0.2) is 0 Å². The van der Waals surface area contributed by atoms with Crippen LogP contribution in [0.1, 0.15) is 26.7 Å². The van der Waals surface area contributed by atoms with Gasteiger partial charge in [0.2, 0.25) is 5.91 Å². The van der Waals surface area contributed by atoms with E-state index in [1.165, 1.54) is 4.90 Å². The van der Waals surface area contributed by atoms with Gasteiger partial charge < -0.3 is 10.6 Å². The Labute approximate surface area is 93.8 Å². The minimum absolute atomic E-state index is 0.106. The van der Waals surface area contributed by atoms with Gasteiger partial charge in [-0.3, -0.25) is 4.79 Å². The molecule has 0 spiro atoms. The fourth-order valence-electron chi connectivity index (χ4n) is 1.26. The number of alkyl halides is 3. The Morgan fingerprint density at radius 1 is 1.44 bits per heavy atom. The molecule has 0 rings (SSSR count). The van der Waals surface area contributed by atoms with Gasteiger partial charge in [0.15, 0.2) is 0 Å². The Balaban J connectivity index is 4.11. The van der Waals surface area contributed by atoms with E-state index in [-0.39, 0.29) is 5.92 Å². The first kappa shape index (κ1) is 15.2. The summed E-state index contributed by atoms with van der Waals surface area (Å²) >= 11 is 0. The predicted molar refractivity (Wildman–Crippen MR) is 55.8 cm³/mol. The highest BCUT2D eigenvalue weighted by molar-refractivity contribution is 5.76. The van der Waals surface area contributed by atoms with Gasteiger partial charge in [-0.05, 0) is 19.4 Å². The molecule has 1 amide bonds. The van der Waals surface area contributed by atoms with E-state index in [4.69, 9.17) is 5.73 Å². The molecule has 1 unspecified atom stereocenters. The average Bonchev–Trinajstić information content (AvgIpc) is 2.21. The lowest BCUT2D eigenvalue weighted by Gasteiger charge is -2.24. The normalized spacial score (nSPS) is 13.6. The maximum absolute atomic E-state index is 11.9. The van der Waals surface area contributed by atoms with Crippen LogP contribution in [-0.2, 0) is 4.79 Å². The molecule has 0 bridgehead atoms. The summed E-state index contributed by atoms with van der Waals surface area (Å²) in [6.45, 7) is 4.86. The van der Waals surface area contributed by atoms with E-state index in [0.29, 0.717) is 19.6 Å². The quantitative estimate of drug-likeness (QED) is 0.769. The van der Waals surface area contributed by atoms with E-state index in [0.717, 1.165) is 0 Å². The number of carbonyl (C=O) groups is 1. The molecule has 1 atom stereocenters. The molecule has 0 aliphatic rings. The molecule has 2 N–H and O–H groups in total. The molecule has 0 aromatic carbocycles. The fraction of sp³-hybridized carbons (Fsp3) is 0.900. The van der Waals surface area contributed by atoms with E-state index in [1.54, 1.807) is 6.92 Å². The summed E-state index contributed by atoms with van der Waals surface area (Å²) in [5, 5.41) is 0. The van der Waals surface area contributed by atoms with Crippen LogP contribution in [0.2, 0.25) is 0 Å². The zero-order valence-electron chi connectivity index (χ0n) is 9.68. The molecule has 0 saturated carbocycles. The van der Waals surface area contributed by atoms with Crippen LogP contribution in [-0.4, -0.2) is 36.6 Å². The first-order valence-electron chi connectivity index (χ1n) is 5.34. The van der Waals surface area contributed by atoms with Crippen molar-refractivity contribution in [1.82, 2.24) is 4.90 Å². The maximum atomic E-state index is 11.9. The molecule has 0 aromatic heterocycles. The van der Waals surface area contributed by atoms with E-state index in [1.807, 2.05) is 6.92 Å². The maximum Gasteiger partial charge on any atom is 0.389 e. The highest BCUT2D eigenvalue weighted by Crippen LogP contribution is 2.21. The number of halogens is 3. The van der Waals surface area contributed by atoms with Gasteiger partial charge in [-0.15, -0.1) is 0 Å². The van der Waals surface area contributed by atoms with Gasteiger partial charge in [0.25, 0.3) is 0 Å². The van der Waals surface area contributed by atoms with E-state index >= 15 is 0 Å². The van der Waals surface area contributed by atoms with Crippen LogP contribution in [0.4, 0.5) is 13.2 Å². The van der Waals surface area contributed by atoms with Gasteiger partial charge in [-0.1, -0.05) is 6.92 Å². The summed E-state index contributed by atoms with van der Waals surface area (Å²) < 4.78 is 35.8. The third-order valence-electron chi connectivity index (χ3n) is 2.29. The third kappa shape index (κ3) is 6.66. The second-order valence-corrected chi connectivity index (χ2v) is 3.89. The second-order valence-electron chi connectivity index (χ2n) is 3.89. The van der Waals surface area contributed by atoms with E-state index in [9.17, 15) is 18.0 Å². The summed E-state index contributed by atoms with van der Waals surface area (Å²) in [4.78, 5) is 12.9. The third-order valence-corrected chi connectivity index (χ3v) is 2.29. The van der Waals surface area contributed by atoms with Crippen LogP contribution in [0, 0.1) is 5.92 Å². The van der Waals surface area contributed by atoms with Crippen LogP contribution < -0.4 is 5.73 Å². The lowest BCUT2D eigenvalue weighted by Crippen LogP contribution is -2.37. The number of amides is 1. The van der Waals surface area contributed by atoms with E-state index in [2.05, 4.69) is 0 Å². The highest BCUT2D eigenvalue weighted by atomic mass is 19.4. The molecular formula is C10H19F3N2O. The van der Waals surface area contributed by atoms with Crippen molar-refractivity contribution < 1.29 is 18.0 Å². The molecule has 0 aromatic rings. The molecular weight excluding hydrogens is 221 g/mol. The molecule has 96 valence electrons. The number of carbonyl (C=O) groups excluding carboxylic acids is 1. The van der Waals surface area contributed by atoms with Gasteiger partial charge in [0, 0.05) is 19.5 Å². The average molecular weight is 240 g/mol. The SMILES string of the molecule is CCN(CC(C)CN)C(=O)CCC(F)(F)F. The summed E-state index contributed by atoms with van der Waals surface area (Å²) in [7, 11) is 0. The van der Waals surface area contributed by atoms with Gasteiger partial charge in [-0.2, -0.15) is 13.2 Å². The van der Waals surface area contributed by atoms with Crippen LogP contribution in [0.15, 0.2) is 0 Å². The second kappa shape index (κ2) is 6.73. The molecule has 0 aliphatic heterocycles. The summed E-state index contributed by atoms with van der Waals surface area (Å²) in [5.74, 6) is -0.352. The fourth-order valence-corrected chi connectivity index (χ4v) is 1.26. The van der Waals surface area contributed by atoms with Crippen molar-refractivity contribution in [2.45, 2.75) is 32.9 Å². The lowest BCUT2D eigenvalue weighted by molar-refractivity contribution is -0.149. The van der Waals surface area contributed by atoms with Crippen LogP contribution in [0.3, 0.4) is 0 Å². The summed E-state index contributed by atoms with van der Waals surface area (Å²) in [6, 6.07) is 0. The predicted octanol–water partition coefficient (Wildman–Crippen LogP) is 1.77. The zero-order chi connectivity index (χ0) is 12.8. The number of hydrogen-bond acceptors (Lipinski definition) is 2. The lowest BCUT2D eigenvalue weighted by atomic mass is 10.1. The first-order chi connectivity index (χ1) is 7.30. The number of nitrogens with zero attached hydrogens (tertiary/aromatic N) is 1. The van der Waals surface area contributed by atoms with Gasteiger partial charge in [0.1, 0.15) is 0 Å². The van der Waals surface area contributed by atoms with Crippen molar-refractivity contribution >= 4 is 5.91 Å². The first-order valence-corrected chi connectivity index (χ1v) is 5.34. The molecule has 0 saturated heterocycles.